The quantitative estimate of drug-likeness (QED) is 0.537. The summed E-state index contributed by atoms with van der Waals surface area (Å²) in [6.07, 6.45) is 0.498. The van der Waals surface area contributed by atoms with Crippen LogP contribution in [-0.2, 0) is 4.79 Å². The smallest absolute Gasteiger partial charge is 0.251 e. The molecule has 0 spiro atoms. The van der Waals surface area contributed by atoms with Gasteiger partial charge in [-0.3, -0.25) is 9.59 Å². The lowest BCUT2D eigenvalue weighted by atomic mass is 10.0. The number of nitrogen functional groups attached to an aromatic ring is 1. The maximum absolute atomic E-state index is 12.1. The van der Waals surface area contributed by atoms with Gasteiger partial charge in [0, 0.05) is 11.3 Å². The molecule has 0 aliphatic carbocycles. The van der Waals surface area contributed by atoms with E-state index in [1.165, 1.54) is 0 Å². The normalized spacial score (nSPS) is 11.5. The van der Waals surface area contributed by atoms with Gasteiger partial charge in [0.2, 0.25) is 5.91 Å². The number of nitriles is 1. The summed E-state index contributed by atoms with van der Waals surface area (Å²) in [4.78, 5) is 24.1. The Balaban J connectivity index is 2.75. The van der Waals surface area contributed by atoms with E-state index >= 15 is 0 Å². The first kappa shape index (κ1) is 16.5. The van der Waals surface area contributed by atoms with Crippen LogP contribution in [0.15, 0.2) is 24.3 Å². The second-order valence-electron chi connectivity index (χ2n) is 5.15. The van der Waals surface area contributed by atoms with Gasteiger partial charge < -0.3 is 16.4 Å². The average molecular weight is 288 g/mol. The van der Waals surface area contributed by atoms with Crippen LogP contribution < -0.4 is 16.4 Å². The molecule has 1 aromatic rings. The van der Waals surface area contributed by atoms with Crippen LogP contribution in [0.2, 0.25) is 0 Å². The third kappa shape index (κ3) is 5.53. The number of nitrogens with two attached hydrogens (primary N) is 1. The summed E-state index contributed by atoms with van der Waals surface area (Å²) in [6, 6.07) is 7.63. The van der Waals surface area contributed by atoms with Crippen molar-refractivity contribution in [1.29, 1.82) is 5.26 Å². The summed E-state index contributed by atoms with van der Waals surface area (Å²) in [6.45, 7) is 3.84. The number of hydrogen-bond donors (Lipinski definition) is 3. The molecule has 1 aromatic carbocycles. The number of nitrogens with one attached hydrogen (secondary N) is 2. The fourth-order valence-corrected chi connectivity index (χ4v) is 1.83. The van der Waals surface area contributed by atoms with Crippen molar-refractivity contribution in [2.24, 2.45) is 5.92 Å². The van der Waals surface area contributed by atoms with Gasteiger partial charge in [0.1, 0.15) is 12.6 Å². The molecule has 6 heteroatoms. The predicted molar refractivity (Wildman–Crippen MR) is 80.2 cm³/mol. The lowest BCUT2D eigenvalue weighted by Crippen LogP contribution is -2.47. The molecule has 112 valence electrons. The number of rotatable bonds is 6. The fraction of sp³-hybridized carbons (Fsp3) is 0.400. The lowest BCUT2D eigenvalue weighted by molar-refractivity contribution is -0.123. The van der Waals surface area contributed by atoms with Crippen molar-refractivity contribution in [3.8, 4) is 6.07 Å². The number of carbonyl (C=O) groups is 2. The van der Waals surface area contributed by atoms with Crippen molar-refractivity contribution in [2.45, 2.75) is 26.3 Å². The molecule has 0 aromatic heterocycles. The zero-order valence-corrected chi connectivity index (χ0v) is 12.2. The van der Waals surface area contributed by atoms with E-state index in [0.29, 0.717) is 17.7 Å². The molecule has 1 rings (SSSR count). The van der Waals surface area contributed by atoms with Crippen molar-refractivity contribution in [3.63, 3.8) is 0 Å². The Morgan fingerprint density at radius 3 is 2.43 bits per heavy atom. The molecule has 4 N–H and O–H groups in total. The van der Waals surface area contributed by atoms with Crippen LogP contribution in [0.3, 0.4) is 0 Å². The molecule has 0 saturated carbocycles. The first-order valence-corrected chi connectivity index (χ1v) is 6.75. The molecule has 0 unspecified atom stereocenters. The number of benzene rings is 1. The largest absolute Gasteiger partial charge is 0.399 e. The molecule has 0 heterocycles. The van der Waals surface area contributed by atoms with Crippen LogP contribution in [0, 0.1) is 17.2 Å². The zero-order chi connectivity index (χ0) is 15.8. The van der Waals surface area contributed by atoms with E-state index in [9.17, 15) is 9.59 Å². The number of anilines is 1. The Morgan fingerprint density at radius 2 is 1.90 bits per heavy atom. The number of carbonyl (C=O) groups excluding carboxylic acids is 2. The molecule has 0 fully saturated rings. The zero-order valence-electron chi connectivity index (χ0n) is 12.2. The first-order chi connectivity index (χ1) is 9.93. The fourth-order valence-electron chi connectivity index (χ4n) is 1.83. The Morgan fingerprint density at radius 1 is 1.29 bits per heavy atom. The summed E-state index contributed by atoms with van der Waals surface area (Å²) < 4.78 is 0. The van der Waals surface area contributed by atoms with Crippen LogP contribution in [0.4, 0.5) is 5.69 Å². The Labute approximate surface area is 124 Å². The van der Waals surface area contributed by atoms with Crippen LogP contribution in [0.1, 0.15) is 30.6 Å². The van der Waals surface area contributed by atoms with Crippen molar-refractivity contribution in [1.82, 2.24) is 10.6 Å². The Kier molecular flexibility index (Phi) is 6.21. The van der Waals surface area contributed by atoms with Gasteiger partial charge in [-0.1, -0.05) is 13.8 Å². The van der Waals surface area contributed by atoms with Gasteiger partial charge in [-0.25, -0.2) is 0 Å². The summed E-state index contributed by atoms with van der Waals surface area (Å²) in [5.41, 5.74) is 6.57. The number of amides is 2. The monoisotopic (exact) mass is 288 g/mol. The van der Waals surface area contributed by atoms with Gasteiger partial charge in [-0.05, 0) is 36.6 Å². The van der Waals surface area contributed by atoms with Crippen molar-refractivity contribution in [2.75, 3.05) is 12.3 Å². The van der Waals surface area contributed by atoms with E-state index in [-0.39, 0.29) is 24.3 Å². The van der Waals surface area contributed by atoms with Crippen LogP contribution in [0.5, 0.6) is 0 Å². The highest BCUT2D eigenvalue weighted by Gasteiger charge is 2.22. The third-order valence-corrected chi connectivity index (χ3v) is 2.84. The number of nitrogens with zero attached hydrogens (tertiary/aromatic N) is 1. The van der Waals surface area contributed by atoms with Crippen LogP contribution in [0.25, 0.3) is 0 Å². The molecule has 0 radical (unpaired) electrons. The van der Waals surface area contributed by atoms with Gasteiger partial charge in [0.25, 0.3) is 5.91 Å². The topological polar surface area (TPSA) is 108 Å². The lowest BCUT2D eigenvalue weighted by Gasteiger charge is -2.19. The van der Waals surface area contributed by atoms with E-state index in [0.717, 1.165) is 0 Å². The van der Waals surface area contributed by atoms with Crippen molar-refractivity contribution < 1.29 is 9.59 Å². The molecule has 1 atom stereocenters. The number of hydrogen-bond acceptors (Lipinski definition) is 4. The van der Waals surface area contributed by atoms with Gasteiger partial charge in [0.15, 0.2) is 0 Å². The van der Waals surface area contributed by atoms with Gasteiger partial charge >= 0.3 is 0 Å². The highest BCUT2D eigenvalue weighted by atomic mass is 16.2. The molecule has 0 saturated heterocycles. The summed E-state index contributed by atoms with van der Waals surface area (Å²) in [7, 11) is 0. The molecule has 21 heavy (non-hydrogen) atoms. The van der Waals surface area contributed by atoms with E-state index < -0.39 is 6.04 Å². The molecule has 0 aliphatic rings. The summed E-state index contributed by atoms with van der Waals surface area (Å²) in [5.74, 6) is -0.462. The molecule has 0 bridgehead atoms. The van der Waals surface area contributed by atoms with E-state index in [2.05, 4.69) is 10.6 Å². The summed E-state index contributed by atoms with van der Waals surface area (Å²) >= 11 is 0. The molecule has 6 nitrogen and oxygen atoms in total. The maximum Gasteiger partial charge on any atom is 0.251 e. The Bertz CT molecular complexity index is 532. The van der Waals surface area contributed by atoms with E-state index in [1.807, 2.05) is 19.9 Å². The highest BCUT2D eigenvalue weighted by Crippen LogP contribution is 2.09. The molecule has 2 amide bonds. The standard InChI is InChI=1S/C15H20N4O2/c1-10(2)9-13(15(21)18-8-7-16)19-14(20)11-3-5-12(17)6-4-11/h3-6,10,13H,8-9,17H2,1-2H3,(H,18,21)(H,19,20)/t13-/m0/s1. The van der Waals surface area contributed by atoms with E-state index in [4.69, 9.17) is 11.0 Å². The summed E-state index contributed by atoms with van der Waals surface area (Å²) in [5, 5.41) is 13.7. The van der Waals surface area contributed by atoms with Crippen LogP contribution in [-0.4, -0.2) is 24.4 Å². The minimum atomic E-state index is -0.664. The van der Waals surface area contributed by atoms with Gasteiger partial charge in [-0.2, -0.15) is 5.26 Å². The maximum atomic E-state index is 12.1. The van der Waals surface area contributed by atoms with Gasteiger partial charge in [-0.15, -0.1) is 0 Å². The van der Waals surface area contributed by atoms with Crippen molar-refractivity contribution in [3.05, 3.63) is 29.8 Å². The average Bonchev–Trinajstić information content (AvgIpc) is 2.44. The minimum absolute atomic E-state index is 0.0782. The first-order valence-electron chi connectivity index (χ1n) is 6.75. The van der Waals surface area contributed by atoms with Gasteiger partial charge in [0.05, 0.1) is 6.07 Å². The highest BCUT2D eigenvalue weighted by molar-refractivity contribution is 5.97. The second-order valence-corrected chi connectivity index (χ2v) is 5.15. The van der Waals surface area contributed by atoms with Crippen molar-refractivity contribution >= 4 is 17.5 Å². The SMILES string of the molecule is CC(C)C[C@H](NC(=O)c1ccc(N)cc1)C(=O)NCC#N. The van der Waals surface area contributed by atoms with Crippen LogP contribution >= 0.6 is 0 Å². The third-order valence-electron chi connectivity index (χ3n) is 2.84. The minimum Gasteiger partial charge on any atom is -0.399 e. The predicted octanol–water partition coefficient (Wildman–Crippen LogP) is 1.05. The molecular weight excluding hydrogens is 268 g/mol. The van der Waals surface area contributed by atoms with E-state index in [1.54, 1.807) is 24.3 Å². The molecule has 0 aliphatic heterocycles. The second kappa shape index (κ2) is 7.90. The molecular formula is C15H20N4O2. The Hall–Kier alpha value is -2.55.